The lowest BCUT2D eigenvalue weighted by Crippen LogP contribution is -2.02. The molecule has 0 atom stereocenters. The van der Waals surface area contributed by atoms with Crippen molar-refractivity contribution in [3.8, 4) is 28.4 Å². The summed E-state index contributed by atoms with van der Waals surface area (Å²) in [5.74, 6) is 0.140. The van der Waals surface area contributed by atoms with E-state index in [9.17, 15) is 8.78 Å². The highest BCUT2D eigenvalue weighted by Crippen LogP contribution is 2.36. The van der Waals surface area contributed by atoms with E-state index < -0.39 is 11.6 Å². The molecule has 4 aromatic rings. The van der Waals surface area contributed by atoms with E-state index in [1.807, 2.05) is 6.92 Å². The third kappa shape index (κ3) is 3.69. The number of benzene rings is 2. The first-order valence-electron chi connectivity index (χ1n) is 8.98. The molecule has 8 heteroatoms. The van der Waals surface area contributed by atoms with Gasteiger partial charge in [0.1, 0.15) is 40.7 Å². The van der Waals surface area contributed by atoms with Crippen molar-refractivity contribution in [2.75, 3.05) is 19.0 Å². The summed E-state index contributed by atoms with van der Waals surface area (Å²) in [7, 11) is 1.74. The summed E-state index contributed by atoms with van der Waals surface area (Å²) in [6, 6.07) is 8.59. The minimum Gasteiger partial charge on any atom is -0.492 e. The number of fused-ring (bicyclic) bond motifs is 1. The molecule has 0 amide bonds. The Labute approximate surface area is 165 Å². The zero-order chi connectivity index (χ0) is 20.4. The monoisotopic (exact) mass is 393 g/mol. The number of anilines is 1. The summed E-state index contributed by atoms with van der Waals surface area (Å²) in [6.45, 7) is 2.25. The van der Waals surface area contributed by atoms with Crippen molar-refractivity contribution in [1.29, 1.82) is 0 Å². The van der Waals surface area contributed by atoms with Gasteiger partial charge < -0.3 is 10.1 Å². The Bertz CT molecular complexity index is 1160. The smallest absolute Gasteiger partial charge is 0.181 e. The van der Waals surface area contributed by atoms with Crippen molar-refractivity contribution >= 4 is 16.7 Å². The summed E-state index contributed by atoms with van der Waals surface area (Å²) in [4.78, 5) is 17.3. The molecule has 0 unspecified atom stereocenters. The number of rotatable bonds is 5. The van der Waals surface area contributed by atoms with Gasteiger partial charge in [-0.15, -0.1) is 0 Å². The average Bonchev–Trinajstić information content (AvgIpc) is 2.73. The molecule has 1 N–H and O–H groups in total. The van der Waals surface area contributed by atoms with Gasteiger partial charge in [0, 0.05) is 24.7 Å². The van der Waals surface area contributed by atoms with Crippen LogP contribution in [0, 0.1) is 11.6 Å². The second-order valence-corrected chi connectivity index (χ2v) is 6.20. The number of aromatic nitrogens is 4. The van der Waals surface area contributed by atoms with Crippen LogP contribution in [0.4, 0.5) is 14.6 Å². The summed E-state index contributed by atoms with van der Waals surface area (Å²) in [6.07, 6.45) is 3.03. The summed E-state index contributed by atoms with van der Waals surface area (Å²) < 4.78 is 33.3. The van der Waals surface area contributed by atoms with Crippen LogP contribution in [-0.4, -0.2) is 33.6 Å². The second-order valence-electron chi connectivity index (χ2n) is 6.20. The van der Waals surface area contributed by atoms with Gasteiger partial charge in [-0.25, -0.2) is 28.7 Å². The average molecular weight is 393 g/mol. The van der Waals surface area contributed by atoms with Gasteiger partial charge in [-0.2, -0.15) is 0 Å². The standard InChI is InChI=1S/C21H17F2N5O/c1-3-29-18-9-13(12-6-14(22)10-15(23)7-12)8-16-19(18)27-21(28-20(16)24-2)17-4-5-25-11-26-17/h4-11H,3H2,1-2H3,(H,24,27,28). The third-order valence-corrected chi connectivity index (χ3v) is 4.31. The Hall–Kier alpha value is -3.68. The molecule has 2 aromatic heterocycles. The normalized spacial score (nSPS) is 10.9. The number of nitrogens with one attached hydrogen (secondary N) is 1. The molecule has 2 aromatic carbocycles. The van der Waals surface area contributed by atoms with Gasteiger partial charge >= 0.3 is 0 Å². The fourth-order valence-corrected chi connectivity index (χ4v) is 3.08. The van der Waals surface area contributed by atoms with Crippen LogP contribution in [0.5, 0.6) is 5.75 Å². The number of hydrogen-bond donors (Lipinski definition) is 1. The molecule has 0 spiro atoms. The van der Waals surface area contributed by atoms with Crippen LogP contribution >= 0.6 is 0 Å². The Morgan fingerprint density at radius 3 is 2.41 bits per heavy atom. The van der Waals surface area contributed by atoms with Crippen LogP contribution in [0.15, 0.2) is 48.9 Å². The van der Waals surface area contributed by atoms with E-state index in [1.165, 1.54) is 18.5 Å². The summed E-state index contributed by atoms with van der Waals surface area (Å²) in [5, 5.41) is 3.72. The van der Waals surface area contributed by atoms with Crippen LogP contribution < -0.4 is 10.1 Å². The number of hydrogen-bond acceptors (Lipinski definition) is 6. The van der Waals surface area contributed by atoms with Crippen molar-refractivity contribution in [3.63, 3.8) is 0 Å². The maximum absolute atomic E-state index is 13.7. The van der Waals surface area contributed by atoms with Gasteiger partial charge in [-0.05, 0) is 48.4 Å². The molecule has 0 saturated carbocycles. The van der Waals surface area contributed by atoms with E-state index in [0.717, 1.165) is 6.07 Å². The van der Waals surface area contributed by atoms with Crippen molar-refractivity contribution in [2.45, 2.75) is 6.92 Å². The van der Waals surface area contributed by atoms with Crippen molar-refractivity contribution in [1.82, 2.24) is 19.9 Å². The highest BCUT2D eigenvalue weighted by atomic mass is 19.1. The van der Waals surface area contributed by atoms with Crippen LogP contribution in [0.3, 0.4) is 0 Å². The van der Waals surface area contributed by atoms with Crippen molar-refractivity contribution < 1.29 is 13.5 Å². The topological polar surface area (TPSA) is 72.8 Å². The first kappa shape index (κ1) is 18.7. The molecule has 146 valence electrons. The molecule has 4 rings (SSSR count). The maximum atomic E-state index is 13.7. The SMILES string of the molecule is CCOc1cc(-c2cc(F)cc(F)c2)cc2c(NC)nc(-c3ccncn3)nc12. The lowest BCUT2D eigenvalue weighted by atomic mass is 10.0. The van der Waals surface area contributed by atoms with Crippen LogP contribution in [0.25, 0.3) is 33.5 Å². The predicted octanol–water partition coefficient (Wildman–Crippen LogP) is 4.47. The van der Waals surface area contributed by atoms with E-state index in [1.54, 1.807) is 31.4 Å². The minimum atomic E-state index is -0.651. The van der Waals surface area contributed by atoms with Crippen LogP contribution in [0.1, 0.15) is 6.92 Å². The minimum absolute atomic E-state index is 0.396. The molecule has 0 saturated heterocycles. The summed E-state index contributed by atoms with van der Waals surface area (Å²) in [5.41, 5.74) is 2.12. The zero-order valence-electron chi connectivity index (χ0n) is 15.8. The van der Waals surface area contributed by atoms with Gasteiger partial charge in [0.15, 0.2) is 5.82 Å². The highest BCUT2D eigenvalue weighted by Gasteiger charge is 2.16. The fraction of sp³-hybridized carbons (Fsp3) is 0.143. The second kappa shape index (κ2) is 7.75. The molecule has 29 heavy (non-hydrogen) atoms. The number of halogens is 2. The van der Waals surface area contributed by atoms with E-state index in [2.05, 4.69) is 25.3 Å². The van der Waals surface area contributed by atoms with E-state index in [-0.39, 0.29) is 0 Å². The van der Waals surface area contributed by atoms with Crippen LogP contribution in [0.2, 0.25) is 0 Å². The Balaban J connectivity index is 1.98. The molecule has 0 aliphatic carbocycles. The largest absolute Gasteiger partial charge is 0.492 e. The number of nitrogens with zero attached hydrogens (tertiary/aromatic N) is 4. The van der Waals surface area contributed by atoms with E-state index in [4.69, 9.17) is 4.74 Å². The molecular weight excluding hydrogens is 376 g/mol. The Morgan fingerprint density at radius 1 is 1.00 bits per heavy atom. The fourth-order valence-electron chi connectivity index (χ4n) is 3.08. The Morgan fingerprint density at radius 2 is 1.76 bits per heavy atom. The van der Waals surface area contributed by atoms with Gasteiger partial charge in [-0.1, -0.05) is 0 Å². The van der Waals surface area contributed by atoms with Gasteiger partial charge in [-0.3, -0.25) is 0 Å². The lowest BCUT2D eigenvalue weighted by Gasteiger charge is -2.14. The quantitative estimate of drug-likeness (QED) is 0.539. The third-order valence-electron chi connectivity index (χ3n) is 4.31. The molecule has 0 radical (unpaired) electrons. The first-order chi connectivity index (χ1) is 14.1. The van der Waals surface area contributed by atoms with E-state index >= 15 is 0 Å². The number of ether oxygens (including phenoxy) is 1. The van der Waals surface area contributed by atoms with Crippen molar-refractivity contribution in [3.05, 3.63) is 60.6 Å². The van der Waals surface area contributed by atoms with Crippen LogP contribution in [-0.2, 0) is 0 Å². The molecule has 2 heterocycles. The zero-order valence-corrected chi connectivity index (χ0v) is 15.8. The first-order valence-corrected chi connectivity index (χ1v) is 8.98. The van der Waals surface area contributed by atoms with Gasteiger partial charge in [0.2, 0.25) is 0 Å². The predicted molar refractivity (Wildman–Crippen MR) is 107 cm³/mol. The van der Waals surface area contributed by atoms with Crippen molar-refractivity contribution in [2.24, 2.45) is 0 Å². The maximum Gasteiger partial charge on any atom is 0.181 e. The van der Waals surface area contributed by atoms with Gasteiger partial charge in [0.05, 0.1) is 6.61 Å². The Kier molecular flexibility index (Phi) is 4.99. The molecule has 0 fully saturated rings. The van der Waals surface area contributed by atoms with E-state index in [0.29, 0.717) is 51.7 Å². The molecule has 0 aliphatic heterocycles. The lowest BCUT2D eigenvalue weighted by molar-refractivity contribution is 0.344. The molecule has 0 bridgehead atoms. The molecular formula is C21H17F2N5O. The molecule has 0 aliphatic rings. The highest BCUT2D eigenvalue weighted by molar-refractivity contribution is 5.97. The summed E-state index contributed by atoms with van der Waals surface area (Å²) >= 11 is 0. The molecule has 6 nitrogen and oxygen atoms in total. The van der Waals surface area contributed by atoms with Gasteiger partial charge in [0.25, 0.3) is 0 Å².